The fourth-order valence-corrected chi connectivity index (χ4v) is 9.37. The predicted molar refractivity (Wildman–Crippen MR) is 247 cm³/mol. The van der Waals surface area contributed by atoms with Crippen molar-refractivity contribution < 1.29 is 23.8 Å². The topological polar surface area (TPSA) is 61.8 Å². The van der Waals surface area contributed by atoms with E-state index in [1.54, 1.807) is 7.11 Å². The first-order chi connectivity index (χ1) is 28.7. The normalized spacial score (nSPS) is 12.2. The maximum atomic E-state index is 13.5. The van der Waals surface area contributed by atoms with Crippen LogP contribution in [0.4, 0.5) is 0 Å². The van der Waals surface area contributed by atoms with Crippen molar-refractivity contribution in [2.75, 3.05) is 20.3 Å². The molecule has 2 atom stereocenters. The number of thiophene rings is 2. The van der Waals surface area contributed by atoms with Crippen LogP contribution in [-0.2, 0) is 0 Å². The average molecular weight is 827 g/mol. The fraction of sp³-hybridized carbons (Fsp3) is 0.346. The summed E-state index contributed by atoms with van der Waals surface area (Å²) in [6.45, 7) is 12.4. The smallest absolute Gasteiger partial charge is 0.202 e. The standard InChI is InChI=1S/C52H58O5S2/c1-7-11-13-36(9-3)33-56-42-21-15-38(16-22-42)51(53)49-29-27-47(58-49)44-25-19-40(31-35(44)5)41-20-26-45(46(32-41)55-6)48-28-30-50(59-48)52(54)39-17-23-43(24-18-39)57-34-37(10-4)14-12-8-2/h15-32,36-37H,7-14,33-34H2,1-6H3. The molecule has 308 valence electrons. The number of unbranched alkanes of at least 4 members (excludes halogenated alkanes) is 2. The van der Waals surface area contributed by atoms with E-state index in [4.69, 9.17) is 14.2 Å². The van der Waals surface area contributed by atoms with E-state index in [1.807, 2.05) is 72.8 Å². The number of aryl methyl sites for hydroxylation is 1. The Hall–Kier alpha value is -4.98. The van der Waals surface area contributed by atoms with Crippen LogP contribution >= 0.6 is 22.7 Å². The van der Waals surface area contributed by atoms with E-state index >= 15 is 0 Å². The Balaban J connectivity index is 1.09. The van der Waals surface area contributed by atoms with E-state index < -0.39 is 0 Å². The van der Waals surface area contributed by atoms with Gasteiger partial charge in [-0.05, 0) is 139 Å². The molecule has 0 aliphatic heterocycles. The summed E-state index contributed by atoms with van der Waals surface area (Å²) in [6, 6.07) is 35.6. The molecule has 6 rings (SSSR count). The fourth-order valence-electron chi connectivity index (χ4n) is 7.32. The number of hydrogen-bond acceptors (Lipinski definition) is 7. The zero-order valence-electron chi connectivity index (χ0n) is 35.5. The molecule has 0 saturated carbocycles. The summed E-state index contributed by atoms with van der Waals surface area (Å²) in [6.07, 6.45) is 9.41. The second-order valence-electron chi connectivity index (χ2n) is 15.4. The van der Waals surface area contributed by atoms with Crippen molar-refractivity contribution in [1.29, 1.82) is 0 Å². The lowest BCUT2D eigenvalue weighted by molar-refractivity contribution is 0.103. The quantitative estimate of drug-likeness (QED) is 0.0638. The van der Waals surface area contributed by atoms with Gasteiger partial charge in [-0.25, -0.2) is 0 Å². The van der Waals surface area contributed by atoms with Gasteiger partial charge in [-0.15, -0.1) is 22.7 Å². The van der Waals surface area contributed by atoms with Gasteiger partial charge in [0, 0.05) is 26.4 Å². The number of carbonyl (C=O) groups is 2. The summed E-state index contributed by atoms with van der Waals surface area (Å²) in [7, 11) is 1.68. The van der Waals surface area contributed by atoms with Crippen LogP contribution in [-0.4, -0.2) is 31.9 Å². The number of hydrogen-bond donors (Lipinski definition) is 0. The Morgan fingerprint density at radius 1 is 0.559 bits per heavy atom. The van der Waals surface area contributed by atoms with Crippen molar-refractivity contribution in [3.63, 3.8) is 0 Å². The molecule has 0 amide bonds. The Labute approximate surface area is 359 Å². The lowest BCUT2D eigenvalue weighted by atomic mass is 9.97. The second kappa shape index (κ2) is 21.3. The summed E-state index contributed by atoms with van der Waals surface area (Å²) in [4.78, 5) is 30.4. The SMILES string of the molecule is CCCCC(CC)COc1ccc(C(=O)c2ccc(-c3ccc(-c4ccc(-c5ccc(C(=O)c6ccc(OCC(CC)CCCC)cc6)s5)c(OC)c4)cc3C)s2)cc1. The maximum absolute atomic E-state index is 13.5. The molecular formula is C52H58O5S2. The van der Waals surface area contributed by atoms with E-state index in [2.05, 4.69) is 71.0 Å². The molecule has 0 aliphatic carbocycles. The Bertz CT molecular complexity index is 2280. The highest BCUT2D eigenvalue weighted by Gasteiger charge is 2.18. The van der Waals surface area contributed by atoms with E-state index in [1.165, 1.54) is 61.2 Å². The largest absolute Gasteiger partial charge is 0.496 e. The molecule has 2 aromatic heterocycles. The first kappa shape index (κ1) is 43.6. The zero-order chi connectivity index (χ0) is 41.7. The first-order valence-electron chi connectivity index (χ1n) is 21.3. The summed E-state index contributed by atoms with van der Waals surface area (Å²) >= 11 is 2.99. The molecule has 59 heavy (non-hydrogen) atoms. The monoisotopic (exact) mass is 826 g/mol. The minimum absolute atomic E-state index is 0.00630. The molecule has 0 spiro atoms. The van der Waals surface area contributed by atoms with Crippen LogP contribution in [0, 0.1) is 18.8 Å². The van der Waals surface area contributed by atoms with Crippen molar-refractivity contribution in [3.8, 4) is 49.3 Å². The number of benzene rings is 4. The van der Waals surface area contributed by atoms with Gasteiger partial charge < -0.3 is 14.2 Å². The number of rotatable bonds is 22. The van der Waals surface area contributed by atoms with Crippen molar-refractivity contribution >= 4 is 34.2 Å². The van der Waals surface area contributed by atoms with E-state index in [-0.39, 0.29) is 11.6 Å². The van der Waals surface area contributed by atoms with E-state index in [0.29, 0.717) is 45.9 Å². The van der Waals surface area contributed by atoms with Gasteiger partial charge in [0.25, 0.3) is 0 Å². The van der Waals surface area contributed by atoms with Crippen LogP contribution in [0.2, 0.25) is 0 Å². The van der Waals surface area contributed by atoms with Crippen molar-refractivity contribution in [3.05, 3.63) is 136 Å². The highest BCUT2D eigenvalue weighted by molar-refractivity contribution is 7.18. The molecular weight excluding hydrogens is 769 g/mol. The summed E-state index contributed by atoms with van der Waals surface area (Å²) in [5.74, 6) is 3.47. The van der Waals surface area contributed by atoms with Gasteiger partial charge in [0.15, 0.2) is 0 Å². The van der Waals surface area contributed by atoms with Gasteiger partial charge in [0.2, 0.25) is 11.6 Å². The molecule has 0 radical (unpaired) electrons. The molecule has 2 unspecified atom stereocenters. The third-order valence-electron chi connectivity index (χ3n) is 11.2. The van der Waals surface area contributed by atoms with Crippen LogP contribution in [0.3, 0.4) is 0 Å². The predicted octanol–water partition coefficient (Wildman–Crippen LogP) is 14.8. The summed E-state index contributed by atoms with van der Waals surface area (Å²) < 4.78 is 18.0. The van der Waals surface area contributed by atoms with Gasteiger partial charge in [-0.3, -0.25) is 9.59 Å². The Morgan fingerprint density at radius 3 is 1.46 bits per heavy atom. The third-order valence-corrected chi connectivity index (χ3v) is 13.5. The second-order valence-corrected chi connectivity index (χ2v) is 17.6. The molecule has 0 bridgehead atoms. The molecule has 6 aromatic rings. The lowest BCUT2D eigenvalue weighted by Crippen LogP contribution is -2.11. The minimum Gasteiger partial charge on any atom is -0.496 e. The molecule has 0 aliphatic rings. The minimum atomic E-state index is -0.00630. The number of methoxy groups -OCH3 is 1. The van der Waals surface area contributed by atoms with Gasteiger partial charge in [0.05, 0.1) is 30.1 Å². The van der Waals surface area contributed by atoms with Crippen molar-refractivity contribution in [1.82, 2.24) is 0 Å². The highest BCUT2D eigenvalue weighted by atomic mass is 32.1. The third kappa shape index (κ3) is 11.2. The van der Waals surface area contributed by atoms with Gasteiger partial charge in [-0.2, -0.15) is 0 Å². The van der Waals surface area contributed by atoms with Crippen LogP contribution in [0.1, 0.15) is 115 Å². The molecule has 0 N–H and O–H groups in total. The number of ketones is 2. The average Bonchev–Trinajstić information content (AvgIpc) is 3.98. The van der Waals surface area contributed by atoms with Crippen LogP contribution in [0.5, 0.6) is 17.2 Å². The number of carbonyl (C=O) groups excluding carboxylic acids is 2. The van der Waals surface area contributed by atoms with Gasteiger partial charge in [0.1, 0.15) is 17.2 Å². The van der Waals surface area contributed by atoms with Gasteiger partial charge >= 0.3 is 0 Å². The number of ether oxygens (including phenoxy) is 3. The van der Waals surface area contributed by atoms with Crippen LogP contribution < -0.4 is 14.2 Å². The van der Waals surface area contributed by atoms with Gasteiger partial charge in [-0.1, -0.05) is 90.5 Å². The molecule has 5 nitrogen and oxygen atoms in total. The molecule has 4 aromatic carbocycles. The first-order valence-corrected chi connectivity index (χ1v) is 22.9. The van der Waals surface area contributed by atoms with Crippen molar-refractivity contribution in [2.45, 2.75) is 86.0 Å². The molecule has 2 heterocycles. The van der Waals surface area contributed by atoms with Crippen LogP contribution in [0.25, 0.3) is 32.0 Å². The highest BCUT2D eigenvalue weighted by Crippen LogP contribution is 2.40. The Kier molecular flexibility index (Phi) is 15.8. The lowest BCUT2D eigenvalue weighted by Gasteiger charge is -2.15. The van der Waals surface area contributed by atoms with Crippen molar-refractivity contribution in [2.24, 2.45) is 11.8 Å². The van der Waals surface area contributed by atoms with E-state index in [9.17, 15) is 9.59 Å². The van der Waals surface area contributed by atoms with Crippen LogP contribution in [0.15, 0.2) is 109 Å². The maximum Gasteiger partial charge on any atom is 0.202 e. The molecule has 0 saturated heterocycles. The summed E-state index contributed by atoms with van der Waals surface area (Å²) in [5, 5.41) is 0. The van der Waals surface area contributed by atoms with E-state index in [0.717, 1.165) is 67.7 Å². The molecule has 0 fully saturated rings. The zero-order valence-corrected chi connectivity index (χ0v) is 37.1. The Morgan fingerprint density at radius 2 is 1.02 bits per heavy atom. The summed E-state index contributed by atoms with van der Waals surface area (Å²) in [5.41, 5.74) is 6.57. The molecule has 7 heteroatoms.